The van der Waals surface area contributed by atoms with E-state index in [-0.39, 0.29) is 18.9 Å². The molecule has 0 fully saturated rings. The minimum atomic E-state index is -1.32. The van der Waals surface area contributed by atoms with Gasteiger partial charge in [-0.2, -0.15) is 0 Å². The predicted molar refractivity (Wildman–Crippen MR) is 153 cm³/mol. The normalized spacial score (nSPS) is 14.6. The third-order valence-corrected chi connectivity index (χ3v) is 6.89. The standard InChI is InChI=1S/C31H24BrN3O4/c32-25-17-9-7-15-23(25)27(36)19-35-26-18-10-8-16-24(26)28(22-13-5-2-6-14-22)33-29(30(35)37)34-31(38)39-20-21-11-3-1-4-12-21/h1-18,29H,19-20H2,(H,34,38). The van der Waals surface area contributed by atoms with E-state index in [2.05, 4.69) is 21.2 Å². The number of Topliss-reactive ketones (excluding diaryl/α,β-unsaturated/α-hetero) is 1. The van der Waals surface area contributed by atoms with Gasteiger partial charge in [0.2, 0.25) is 6.17 Å². The monoisotopic (exact) mass is 581 g/mol. The first-order valence-electron chi connectivity index (χ1n) is 12.3. The second-order valence-electron chi connectivity index (χ2n) is 8.80. The second-order valence-corrected chi connectivity index (χ2v) is 9.65. The number of ether oxygens (including phenoxy) is 1. The van der Waals surface area contributed by atoms with E-state index < -0.39 is 18.2 Å². The molecule has 1 heterocycles. The summed E-state index contributed by atoms with van der Waals surface area (Å²) in [6, 6.07) is 32.9. The molecule has 1 atom stereocenters. The van der Waals surface area contributed by atoms with Crippen LogP contribution in [0.15, 0.2) is 119 Å². The molecule has 39 heavy (non-hydrogen) atoms. The number of rotatable bonds is 7. The molecule has 0 bridgehead atoms. The summed E-state index contributed by atoms with van der Waals surface area (Å²) >= 11 is 3.42. The number of ketones is 1. The molecule has 7 nitrogen and oxygen atoms in total. The molecule has 4 aromatic rings. The van der Waals surface area contributed by atoms with Crippen LogP contribution in [0.2, 0.25) is 0 Å². The number of fused-ring (bicyclic) bond motifs is 1. The zero-order chi connectivity index (χ0) is 27.2. The van der Waals surface area contributed by atoms with E-state index in [1.54, 1.807) is 30.3 Å². The average molecular weight is 582 g/mol. The van der Waals surface area contributed by atoms with E-state index in [9.17, 15) is 14.4 Å². The summed E-state index contributed by atoms with van der Waals surface area (Å²) in [4.78, 5) is 46.2. The van der Waals surface area contributed by atoms with Gasteiger partial charge in [0.25, 0.3) is 5.91 Å². The van der Waals surface area contributed by atoms with E-state index in [4.69, 9.17) is 9.73 Å². The number of alkyl carbamates (subject to hydrolysis) is 1. The molecular weight excluding hydrogens is 558 g/mol. The van der Waals surface area contributed by atoms with Crippen molar-refractivity contribution in [3.63, 3.8) is 0 Å². The zero-order valence-corrected chi connectivity index (χ0v) is 22.4. The fourth-order valence-corrected chi connectivity index (χ4v) is 4.81. The number of nitrogens with zero attached hydrogens (tertiary/aromatic N) is 2. The van der Waals surface area contributed by atoms with Gasteiger partial charge >= 0.3 is 6.09 Å². The van der Waals surface area contributed by atoms with Gasteiger partial charge in [-0.05, 0) is 17.7 Å². The molecule has 1 aliphatic heterocycles. The molecule has 194 valence electrons. The quantitative estimate of drug-likeness (QED) is 0.281. The third kappa shape index (κ3) is 5.97. The number of amides is 2. The highest BCUT2D eigenvalue weighted by molar-refractivity contribution is 9.10. The number of benzene rings is 4. The molecule has 5 rings (SSSR count). The number of anilines is 1. The summed E-state index contributed by atoms with van der Waals surface area (Å²) in [7, 11) is 0. The van der Waals surface area contributed by atoms with Crippen molar-refractivity contribution in [3.05, 3.63) is 136 Å². The fraction of sp³-hybridized carbons (Fsp3) is 0.0968. The number of hydrogen-bond acceptors (Lipinski definition) is 5. The van der Waals surface area contributed by atoms with Gasteiger partial charge in [-0.25, -0.2) is 9.79 Å². The maximum absolute atomic E-state index is 13.9. The molecule has 0 saturated carbocycles. The number of carbonyl (C=O) groups excluding carboxylic acids is 3. The van der Waals surface area contributed by atoms with Crippen molar-refractivity contribution >= 4 is 45.1 Å². The van der Waals surface area contributed by atoms with Crippen LogP contribution < -0.4 is 10.2 Å². The third-order valence-electron chi connectivity index (χ3n) is 6.20. The van der Waals surface area contributed by atoms with Gasteiger partial charge in [-0.1, -0.05) is 113 Å². The van der Waals surface area contributed by atoms with Crippen molar-refractivity contribution < 1.29 is 19.1 Å². The SMILES string of the molecule is O=C(NC1N=C(c2ccccc2)c2ccccc2N(CC(=O)c2ccccc2Br)C1=O)OCc1ccccc1. The first kappa shape index (κ1) is 26.1. The summed E-state index contributed by atoms with van der Waals surface area (Å²) < 4.78 is 6.01. The number of benzodiazepines with no additional fused rings is 1. The van der Waals surface area contributed by atoms with Gasteiger partial charge in [-0.3, -0.25) is 14.9 Å². The van der Waals surface area contributed by atoms with Crippen LogP contribution in [-0.4, -0.2) is 36.2 Å². The van der Waals surface area contributed by atoms with Crippen LogP contribution in [0.1, 0.15) is 27.0 Å². The Hall–Kier alpha value is -4.56. The minimum Gasteiger partial charge on any atom is -0.445 e. The van der Waals surface area contributed by atoms with Gasteiger partial charge in [-0.15, -0.1) is 0 Å². The molecule has 0 aromatic heterocycles. The lowest BCUT2D eigenvalue weighted by molar-refractivity contribution is -0.120. The molecule has 1 N–H and O–H groups in total. The molecule has 1 unspecified atom stereocenters. The molecule has 2 amide bonds. The molecule has 0 aliphatic carbocycles. The van der Waals surface area contributed by atoms with Crippen molar-refractivity contribution in [3.8, 4) is 0 Å². The topological polar surface area (TPSA) is 88.1 Å². The van der Waals surface area contributed by atoms with E-state index in [0.29, 0.717) is 27.0 Å². The predicted octanol–water partition coefficient (Wildman–Crippen LogP) is 5.77. The highest BCUT2D eigenvalue weighted by Crippen LogP contribution is 2.29. The van der Waals surface area contributed by atoms with Crippen LogP contribution >= 0.6 is 15.9 Å². The van der Waals surface area contributed by atoms with Crippen molar-refractivity contribution in [1.29, 1.82) is 0 Å². The van der Waals surface area contributed by atoms with Crippen LogP contribution in [0.4, 0.5) is 10.5 Å². The maximum Gasteiger partial charge on any atom is 0.409 e. The Morgan fingerprint density at radius 2 is 1.49 bits per heavy atom. The molecule has 8 heteroatoms. The molecule has 0 spiro atoms. The molecular formula is C31H24BrN3O4. The Labute approximate surface area is 234 Å². The highest BCUT2D eigenvalue weighted by Gasteiger charge is 2.34. The zero-order valence-electron chi connectivity index (χ0n) is 20.8. The smallest absolute Gasteiger partial charge is 0.409 e. The van der Waals surface area contributed by atoms with Gasteiger partial charge < -0.3 is 9.64 Å². The average Bonchev–Trinajstić information content (AvgIpc) is 3.08. The Kier molecular flexibility index (Phi) is 7.94. The van der Waals surface area contributed by atoms with E-state index in [1.165, 1.54) is 4.90 Å². The number of nitrogens with one attached hydrogen (secondary N) is 1. The lowest BCUT2D eigenvalue weighted by Crippen LogP contribution is -2.49. The van der Waals surface area contributed by atoms with E-state index >= 15 is 0 Å². The number of halogens is 1. The lowest BCUT2D eigenvalue weighted by atomic mass is 10.00. The van der Waals surface area contributed by atoms with Gasteiger partial charge in [0.1, 0.15) is 6.61 Å². The summed E-state index contributed by atoms with van der Waals surface area (Å²) in [6.45, 7) is -0.208. The van der Waals surface area contributed by atoms with Crippen molar-refractivity contribution in [2.45, 2.75) is 12.8 Å². The number of aliphatic imine (C=N–C) groups is 1. The van der Waals surface area contributed by atoms with Gasteiger partial charge in [0.15, 0.2) is 5.78 Å². The van der Waals surface area contributed by atoms with Crippen molar-refractivity contribution in [2.75, 3.05) is 11.4 Å². The van der Waals surface area contributed by atoms with Crippen molar-refractivity contribution in [1.82, 2.24) is 5.32 Å². The number of carbonyl (C=O) groups is 3. The molecule has 0 radical (unpaired) electrons. The first-order chi connectivity index (χ1) is 19.0. The molecule has 1 aliphatic rings. The van der Waals surface area contributed by atoms with Crippen molar-refractivity contribution in [2.24, 2.45) is 4.99 Å². The highest BCUT2D eigenvalue weighted by atomic mass is 79.9. The summed E-state index contributed by atoms with van der Waals surface area (Å²) in [6.07, 6.45) is -2.11. The summed E-state index contributed by atoms with van der Waals surface area (Å²) in [5.41, 5.74) is 3.72. The number of para-hydroxylation sites is 1. The van der Waals surface area contributed by atoms with Crippen LogP contribution in [-0.2, 0) is 16.1 Å². The Morgan fingerprint density at radius 1 is 0.846 bits per heavy atom. The van der Waals surface area contributed by atoms with E-state index in [1.807, 2.05) is 78.9 Å². The minimum absolute atomic E-state index is 0.0350. The second kappa shape index (κ2) is 11.9. The molecule has 0 saturated heterocycles. The van der Waals surface area contributed by atoms with Crippen LogP contribution in [0.25, 0.3) is 0 Å². The fourth-order valence-electron chi connectivity index (χ4n) is 4.31. The van der Waals surface area contributed by atoms with Crippen LogP contribution in [0, 0.1) is 0 Å². The Bertz CT molecular complexity index is 1540. The largest absolute Gasteiger partial charge is 0.445 e. The number of hydrogen-bond donors (Lipinski definition) is 1. The Balaban J connectivity index is 1.50. The maximum atomic E-state index is 13.9. The Morgan fingerprint density at radius 3 is 2.23 bits per heavy atom. The van der Waals surface area contributed by atoms with Crippen LogP contribution in [0.3, 0.4) is 0 Å². The lowest BCUT2D eigenvalue weighted by Gasteiger charge is -2.25. The van der Waals surface area contributed by atoms with Gasteiger partial charge in [0.05, 0.1) is 17.9 Å². The first-order valence-corrected chi connectivity index (χ1v) is 13.1. The van der Waals surface area contributed by atoms with Crippen LogP contribution in [0.5, 0.6) is 0 Å². The van der Waals surface area contributed by atoms with E-state index in [0.717, 1.165) is 11.1 Å². The molecule has 4 aromatic carbocycles. The summed E-state index contributed by atoms with van der Waals surface area (Å²) in [5, 5.41) is 2.61. The van der Waals surface area contributed by atoms with Gasteiger partial charge in [0, 0.05) is 21.2 Å². The summed E-state index contributed by atoms with van der Waals surface area (Å²) in [5.74, 6) is -0.815.